The Kier molecular flexibility index (Phi) is 5.09. The number of rotatable bonds is 6. The predicted molar refractivity (Wildman–Crippen MR) is 97.6 cm³/mol. The third-order valence-corrected chi connectivity index (χ3v) is 4.12. The average Bonchev–Trinajstić information content (AvgIpc) is 3.13. The van der Waals surface area contributed by atoms with Gasteiger partial charge in [0.1, 0.15) is 5.69 Å². The molecule has 126 valence electrons. The Morgan fingerprint density at radius 2 is 1.64 bits per heavy atom. The number of ketones is 1. The van der Waals surface area contributed by atoms with E-state index in [1.165, 1.54) is 6.92 Å². The van der Waals surface area contributed by atoms with E-state index >= 15 is 0 Å². The van der Waals surface area contributed by atoms with Gasteiger partial charge in [0, 0.05) is 11.8 Å². The smallest absolute Gasteiger partial charge is 0.268 e. The summed E-state index contributed by atoms with van der Waals surface area (Å²) >= 11 is 0. The number of Topliss-reactive ketones (excluding diaryl/α,β-unsaturated/α-hetero) is 1. The molecule has 0 aliphatic rings. The van der Waals surface area contributed by atoms with Crippen molar-refractivity contribution in [2.24, 2.45) is 0 Å². The van der Waals surface area contributed by atoms with Crippen LogP contribution < -0.4 is 5.32 Å². The van der Waals surface area contributed by atoms with Crippen molar-refractivity contribution in [3.05, 3.63) is 95.3 Å². The maximum atomic E-state index is 12.6. The SMILES string of the molecule is CC(=O)c1c[nH]c(C(=O)N[C@@H](Cc2ccccc2)c2ccccc2)c1. The van der Waals surface area contributed by atoms with Crippen LogP contribution in [0.4, 0.5) is 0 Å². The number of hydrogen-bond acceptors (Lipinski definition) is 2. The summed E-state index contributed by atoms with van der Waals surface area (Å²) in [6.45, 7) is 1.48. The molecule has 0 saturated heterocycles. The standard InChI is InChI=1S/C21H20N2O2/c1-15(24)18-13-20(22-14-18)21(25)23-19(17-10-6-3-7-11-17)12-16-8-4-2-5-9-16/h2-11,13-14,19,22H,12H2,1H3,(H,23,25)/t19-/m0/s1. The van der Waals surface area contributed by atoms with Gasteiger partial charge in [-0.15, -0.1) is 0 Å². The number of benzene rings is 2. The molecule has 1 amide bonds. The highest BCUT2D eigenvalue weighted by atomic mass is 16.2. The van der Waals surface area contributed by atoms with Crippen molar-refractivity contribution in [2.45, 2.75) is 19.4 Å². The summed E-state index contributed by atoms with van der Waals surface area (Å²) in [5, 5.41) is 3.07. The van der Waals surface area contributed by atoms with Crippen LogP contribution in [0.1, 0.15) is 44.9 Å². The second-order valence-electron chi connectivity index (χ2n) is 5.98. The highest BCUT2D eigenvalue weighted by Crippen LogP contribution is 2.19. The predicted octanol–water partition coefficient (Wildman–Crippen LogP) is 3.93. The maximum Gasteiger partial charge on any atom is 0.268 e. The lowest BCUT2D eigenvalue weighted by atomic mass is 9.98. The van der Waals surface area contributed by atoms with Gasteiger partial charge in [-0.05, 0) is 30.5 Å². The Morgan fingerprint density at radius 3 is 2.24 bits per heavy atom. The average molecular weight is 332 g/mol. The quantitative estimate of drug-likeness (QED) is 0.672. The van der Waals surface area contributed by atoms with Crippen LogP contribution >= 0.6 is 0 Å². The number of H-pyrrole nitrogens is 1. The van der Waals surface area contributed by atoms with Gasteiger partial charge in [0.25, 0.3) is 5.91 Å². The van der Waals surface area contributed by atoms with Crippen molar-refractivity contribution in [1.82, 2.24) is 10.3 Å². The van der Waals surface area contributed by atoms with Crippen molar-refractivity contribution in [3.63, 3.8) is 0 Å². The van der Waals surface area contributed by atoms with Gasteiger partial charge in [-0.1, -0.05) is 60.7 Å². The molecule has 1 aromatic heterocycles. The summed E-state index contributed by atoms with van der Waals surface area (Å²) in [6.07, 6.45) is 2.25. The topological polar surface area (TPSA) is 62.0 Å². The van der Waals surface area contributed by atoms with E-state index in [2.05, 4.69) is 10.3 Å². The van der Waals surface area contributed by atoms with Crippen molar-refractivity contribution >= 4 is 11.7 Å². The Hall–Kier alpha value is -3.14. The Morgan fingerprint density at radius 1 is 1.00 bits per heavy atom. The third kappa shape index (κ3) is 4.23. The summed E-state index contributed by atoms with van der Waals surface area (Å²) in [4.78, 5) is 26.9. The van der Waals surface area contributed by atoms with Gasteiger partial charge >= 0.3 is 0 Å². The summed E-state index contributed by atoms with van der Waals surface area (Å²) in [6, 6.07) is 21.4. The fourth-order valence-corrected chi connectivity index (χ4v) is 2.75. The van der Waals surface area contributed by atoms with E-state index in [0.29, 0.717) is 17.7 Å². The molecule has 3 aromatic rings. The minimum atomic E-state index is -0.225. The van der Waals surface area contributed by atoms with Crippen molar-refractivity contribution in [3.8, 4) is 0 Å². The van der Waals surface area contributed by atoms with Gasteiger partial charge in [0.2, 0.25) is 0 Å². The Balaban J connectivity index is 1.81. The first-order valence-corrected chi connectivity index (χ1v) is 8.22. The highest BCUT2D eigenvalue weighted by molar-refractivity contribution is 5.99. The molecule has 0 radical (unpaired) electrons. The molecule has 0 aliphatic carbocycles. The van der Waals surface area contributed by atoms with Gasteiger partial charge in [-0.3, -0.25) is 9.59 Å². The molecule has 0 bridgehead atoms. The van der Waals surface area contributed by atoms with E-state index in [4.69, 9.17) is 0 Å². The normalized spacial score (nSPS) is 11.7. The van der Waals surface area contributed by atoms with Crippen LogP contribution in [0.5, 0.6) is 0 Å². The van der Waals surface area contributed by atoms with E-state index in [0.717, 1.165) is 11.1 Å². The molecular weight excluding hydrogens is 312 g/mol. The van der Waals surface area contributed by atoms with Gasteiger partial charge < -0.3 is 10.3 Å². The molecule has 0 aliphatic heterocycles. The molecule has 0 fully saturated rings. The Labute approximate surface area is 146 Å². The van der Waals surface area contributed by atoms with E-state index in [-0.39, 0.29) is 17.7 Å². The monoisotopic (exact) mass is 332 g/mol. The molecular formula is C21H20N2O2. The molecule has 25 heavy (non-hydrogen) atoms. The lowest BCUT2D eigenvalue weighted by Crippen LogP contribution is -2.30. The fourth-order valence-electron chi connectivity index (χ4n) is 2.75. The van der Waals surface area contributed by atoms with Crippen LogP contribution in [-0.2, 0) is 6.42 Å². The Bertz CT molecular complexity index is 854. The number of aromatic amines is 1. The van der Waals surface area contributed by atoms with Crippen LogP contribution in [-0.4, -0.2) is 16.7 Å². The number of hydrogen-bond donors (Lipinski definition) is 2. The largest absolute Gasteiger partial charge is 0.356 e. The van der Waals surface area contributed by atoms with Crippen molar-refractivity contribution in [1.29, 1.82) is 0 Å². The summed E-state index contributed by atoms with van der Waals surface area (Å²) in [5.41, 5.74) is 3.08. The molecule has 0 unspecified atom stereocenters. The van der Waals surface area contributed by atoms with Crippen LogP contribution in [0.2, 0.25) is 0 Å². The number of aromatic nitrogens is 1. The second kappa shape index (κ2) is 7.62. The highest BCUT2D eigenvalue weighted by Gasteiger charge is 2.18. The van der Waals surface area contributed by atoms with Gasteiger partial charge in [-0.2, -0.15) is 0 Å². The summed E-state index contributed by atoms with van der Waals surface area (Å²) in [5.74, 6) is -0.295. The zero-order valence-corrected chi connectivity index (χ0v) is 14.0. The summed E-state index contributed by atoms with van der Waals surface area (Å²) < 4.78 is 0. The first kappa shape index (κ1) is 16.7. The van der Waals surface area contributed by atoms with Crippen LogP contribution in [0.3, 0.4) is 0 Å². The minimum Gasteiger partial charge on any atom is -0.356 e. The van der Waals surface area contributed by atoms with E-state index in [1.807, 2.05) is 60.7 Å². The van der Waals surface area contributed by atoms with Crippen molar-refractivity contribution in [2.75, 3.05) is 0 Å². The molecule has 1 atom stereocenters. The third-order valence-electron chi connectivity index (χ3n) is 4.12. The molecule has 0 saturated carbocycles. The zero-order chi connectivity index (χ0) is 17.6. The first-order valence-electron chi connectivity index (χ1n) is 8.22. The number of carbonyl (C=O) groups excluding carboxylic acids is 2. The molecule has 1 heterocycles. The van der Waals surface area contributed by atoms with Crippen LogP contribution in [0, 0.1) is 0 Å². The zero-order valence-electron chi connectivity index (χ0n) is 14.0. The maximum absolute atomic E-state index is 12.6. The van der Waals surface area contributed by atoms with Crippen molar-refractivity contribution < 1.29 is 9.59 Å². The van der Waals surface area contributed by atoms with E-state index in [1.54, 1.807) is 12.3 Å². The lowest BCUT2D eigenvalue weighted by molar-refractivity contribution is 0.0932. The van der Waals surface area contributed by atoms with E-state index < -0.39 is 0 Å². The summed E-state index contributed by atoms with van der Waals surface area (Å²) in [7, 11) is 0. The number of nitrogens with one attached hydrogen (secondary N) is 2. The molecule has 3 rings (SSSR count). The van der Waals surface area contributed by atoms with Gasteiger partial charge in [0.05, 0.1) is 6.04 Å². The lowest BCUT2D eigenvalue weighted by Gasteiger charge is -2.19. The van der Waals surface area contributed by atoms with Gasteiger partial charge in [-0.25, -0.2) is 0 Å². The number of amides is 1. The molecule has 4 nitrogen and oxygen atoms in total. The van der Waals surface area contributed by atoms with Crippen LogP contribution in [0.25, 0.3) is 0 Å². The van der Waals surface area contributed by atoms with Gasteiger partial charge in [0.15, 0.2) is 5.78 Å². The van der Waals surface area contributed by atoms with Crippen LogP contribution in [0.15, 0.2) is 72.9 Å². The minimum absolute atomic E-state index is 0.0702. The fraction of sp³-hybridized carbons (Fsp3) is 0.143. The van der Waals surface area contributed by atoms with E-state index in [9.17, 15) is 9.59 Å². The second-order valence-corrected chi connectivity index (χ2v) is 5.98. The molecule has 2 N–H and O–H groups in total. The first-order chi connectivity index (χ1) is 12.1. The number of carbonyl (C=O) groups is 2. The molecule has 4 heteroatoms. The molecule has 0 spiro atoms. The molecule has 2 aromatic carbocycles.